The van der Waals surface area contributed by atoms with Gasteiger partial charge in [-0.25, -0.2) is 9.78 Å². The van der Waals surface area contributed by atoms with Crippen molar-refractivity contribution in [2.24, 2.45) is 0 Å². The minimum atomic E-state index is -0.463. The van der Waals surface area contributed by atoms with Crippen molar-refractivity contribution in [2.75, 3.05) is 31.7 Å². The molecule has 134 valence electrons. The molecule has 0 amide bonds. The Kier molecular flexibility index (Phi) is 7.78. The average Bonchev–Trinajstić information content (AvgIpc) is 3.11. The summed E-state index contributed by atoms with van der Waals surface area (Å²) in [6.45, 7) is 7.38. The van der Waals surface area contributed by atoms with Gasteiger partial charge in [-0.15, -0.1) is 17.9 Å². The molecule has 0 spiro atoms. The average molecular weight is 362 g/mol. The zero-order chi connectivity index (χ0) is 17.9. The minimum absolute atomic E-state index is 0.153. The molecule has 0 aliphatic carbocycles. The van der Waals surface area contributed by atoms with Crippen LogP contribution < -0.4 is 14.8 Å². The Bertz CT molecular complexity index is 670. The predicted octanol–water partition coefficient (Wildman–Crippen LogP) is 3.77. The summed E-state index contributed by atoms with van der Waals surface area (Å²) in [6, 6.07) is 7.35. The van der Waals surface area contributed by atoms with E-state index < -0.39 is 5.97 Å². The van der Waals surface area contributed by atoms with E-state index in [4.69, 9.17) is 14.2 Å². The third-order valence-corrected chi connectivity index (χ3v) is 3.79. The number of anilines is 1. The van der Waals surface area contributed by atoms with Gasteiger partial charge in [-0.2, -0.15) is 0 Å². The molecule has 0 aliphatic rings. The van der Waals surface area contributed by atoms with Crippen molar-refractivity contribution < 1.29 is 19.0 Å². The van der Waals surface area contributed by atoms with Crippen molar-refractivity contribution >= 4 is 22.4 Å². The second kappa shape index (κ2) is 10.4. The summed E-state index contributed by atoms with van der Waals surface area (Å²) in [6.07, 6.45) is 2.69. The molecule has 2 rings (SSSR count). The summed E-state index contributed by atoms with van der Waals surface area (Å²) < 4.78 is 16.2. The molecule has 0 unspecified atom stereocenters. The van der Waals surface area contributed by atoms with Crippen molar-refractivity contribution in [3.8, 4) is 11.5 Å². The quantitative estimate of drug-likeness (QED) is 0.373. The smallest absolute Gasteiger partial charge is 0.358 e. The number of nitrogens with one attached hydrogen (secondary N) is 1. The van der Waals surface area contributed by atoms with E-state index in [1.165, 1.54) is 11.3 Å². The van der Waals surface area contributed by atoms with Crippen LogP contribution in [0, 0.1) is 0 Å². The first-order chi connectivity index (χ1) is 12.2. The van der Waals surface area contributed by atoms with Gasteiger partial charge >= 0.3 is 5.97 Å². The molecule has 0 radical (unpaired) electrons. The molecule has 0 fully saturated rings. The summed E-state index contributed by atoms with van der Waals surface area (Å²) in [5, 5.41) is 5.34. The predicted molar refractivity (Wildman–Crippen MR) is 98.8 cm³/mol. The number of carbonyl (C=O) groups excluding carboxylic acids is 1. The lowest BCUT2D eigenvalue weighted by molar-refractivity contribution is 0.0444. The first-order valence-electron chi connectivity index (χ1n) is 8.06. The number of rotatable bonds is 11. The van der Waals surface area contributed by atoms with E-state index in [2.05, 4.69) is 23.8 Å². The number of carbonyl (C=O) groups is 1. The normalized spacial score (nSPS) is 10.1. The Labute approximate surface area is 151 Å². The molecule has 1 heterocycles. The van der Waals surface area contributed by atoms with E-state index in [0.29, 0.717) is 24.0 Å². The summed E-state index contributed by atoms with van der Waals surface area (Å²) in [4.78, 5) is 16.0. The van der Waals surface area contributed by atoms with Gasteiger partial charge in [-0.3, -0.25) is 0 Å². The summed E-state index contributed by atoms with van der Waals surface area (Å²) in [7, 11) is 0. The Morgan fingerprint density at radius 1 is 1.20 bits per heavy atom. The van der Waals surface area contributed by atoms with E-state index in [-0.39, 0.29) is 18.9 Å². The number of nitrogens with zero attached hydrogens (tertiary/aromatic N) is 1. The van der Waals surface area contributed by atoms with Crippen molar-refractivity contribution in [3.05, 3.63) is 48.0 Å². The lowest BCUT2D eigenvalue weighted by atomic mass is 10.3. The van der Waals surface area contributed by atoms with Gasteiger partial charge in [0.15, 0.2) is 10.8 Å². The van der Waals surface area contributed by atoms with Crippen LogP contribution in [0.2, 0.25) is 0 Å². The van der Waals surface area contributed by atoms with Gasteiger partial charge in [0.05, 0.1) is 6.61 Å². The van der Waals surface area contributed by atoms with Gasteiger partial charge in [0.2, 0.25) is 0 Å². The van der Waals surface area contributed by atoms with Crippen LogP contribution in [-0.4, -0.2) is 37.3 Å². The third-order valence-electron chi connectivity index (χ3n) is 2.99. The number of benzene rings is 1. The molecular formula is C18H22N2O4S. The van der Waals surface area contributed by atoms with Crippen LogP contribution >= 0.6 is 11.3 Å². The Balaban J connectivity index is 1.68. The monoisotopic (exact) mass is 362 g/mol. The first-order valence-corrected chi connectivity index (χ1v) is 8.94. The highest BCUT2D eigenvalue weighted by Crippen LogP contribution is 2.18. The molecule has 0 aliphatic heterocycles. The van der Waals surface area contributed by atoms with Gasteiger partial charge in [0.1, 0.15) is 24.7 Å². The molecular weight excluding hydrogens is 340 g/mol. The van der Waals surface area contributed by atoms with Crippen molar-refractivity contribution in [2.45, 2.75) is 13.3 Å². The molecule has 0 atom stereocenters. The van der Waals surface area contributed by atoms with Crippen molar-refractivity contribution in [3.63, 3.8) is 0 Å². The molecule has 25 heavy (non-hydrogen) atoms. The Morgan fingerprint density at radius 3 is 2.52 bits per heavy atom. The molecule has 1 aromatic heterocycles. The molecule has 0 bridgehead atoms. The van der Waals surface area contributed by atoms with Gasteiger partial charge < -0.3 is 19.5 Å². The zero-order valence-electron chi connectivity index (χ0n) is 14.2. The van der Waals surface area contributed by atoms with E-state index in [1.54, 1.807) is 11.5 Å². The van der Waals surface area contributed by atoms with Gasteiger partial charge in [0.25, 0.3) is 0 Å². The fraction of sp³-hybridized carbons (Fsp3) is 0.333. The third kappa shape index (κ3) is 6.46. The van der Waals surface area contributed by atoms with Crippen LogP contribution in [0.25, 0.3) is 0 Å². The Morgan fingerprint density at radius 2 is 1.88 bits per heavy atom. The van der Waals surface area contributed by atoms with E-state index in [1.807, 2.05) is 24.3 Å². The molecule has 2 aromatic rings. The number of thiazole rings is 1. The van der Waals surface area contributed by atoms with Crippen molar-refractivity contribution in [1.82, 2.24) is 4.98 Å². The standard InChI is InChI=1S/C18H22N2O4S/c1-3-9-19-18-20-16(13-25-18)17(21)24-12-11-23-15-7-5-14(6-8-15)22-10-4-2/h3,5-8,13H,1,4,9-12H2,2H3,(H,19,20). The van der Waals surface area contributed by atoms with Crippen LogP contribution in [0.4, 0.5) is 5.13 Å². The highest BCUT2D eigenvalue weighted by atomic mass is 32.1. The highest BCUT2D eigenvalue weighted by Gasteiger charge is 2.11. The number of hydrogen-bond donors (Lipinski definition) is 1. The van der Waals surface area contributed by atoms with Crippen LogP contribution in [0.5, 0.6) is 11.5 Å². The molecule has 0 saturated heterocycles. The molecule has 6 nitrogen and oxygen atoms in total. The SMILES string of the molecule is C=CCNc1nc(C(=O)OCCOc2ccc(OCCC)cc2)cs1. The topological polar surface area (TPSA) is 69.7 Å². The van der Waals surface area contributed by atoms with Crippen LogP contribution in [0.1, 0.15) is 23.8 Å². The minimum Gasteiger partial charge on any atom is -0.494 e. The van der Waals surface area contributed by atoms with E-state index >= 15 is 0 Å². The lowest BCUT2D eigenvalue weighted by Crippen LogP contribution is -2.12. The van der Waals surface area contributed by atoms with Gasteiger partial charge in [0, 0.05) is 11.9 Å². The zero-order valence-corrected chi connectivity index (χ0v) is 15.0. The maximum Gasteiger partial charge on any atom is 0.358 e. The highest BCUT2D eigenvalue weighted by molar-refractivity contribution is 7.13. The number of aromatic nitrogens is 1. The fourth-order valence-electron chi connectivity index (χ4n) is 1.83. The summed E-state index contributed by atoms with van der Waals surface area (Å²) >= 11 is 1.35. The van der Waals surface area contributed by atoms with Crippen LogP contribution in [0.3, 0.4) is 0 Å². The van der Waals surface area contributed by atoms with Crippen LogP contribution in [0.15, 0.2) is 42.3 Å². The summed E-state index contributed by atoms with van der Waals surface area (Å²) in [5.74, 6) is 1.05. The van der Waals surface area contributed by atoms with E-state index in [9.17, 15) is 4.79 Å². The Hall–Kier alpha value is -2.54. The maximum absolute atomic E-state index is 11.9. The second-order valence-electron chi connectivity index (χ2n) is 5.01. The molecule has 1 aromatic carbocycles. The largest absolute Gasteiger partial charge is 0.494 e. The first kappa shape index (κ1) is 18.8. The second-order valence-corrected chi connectivity index (χ2v) is 5.87. The molecule has 0 saturated carbocycles. The van der Waals surface area contributed by atoms with Gasteiger partial charge in [-0.1, -0.05) is 13.0 Å². The fourth-order valence-corrected chi connectivity index (χ4v) is 2.52. The van der Waals surface area contributed by atoms with Crippen LogP contribution in [-0.2, 0) is 4.74 Å². The molecule has 1 N–H and O–H groups in total. The summed E-state index contributed by atoms with van der Waals surface area (Å²) in [5.41, 5.74) is 0.286. The lowest BCUT2D eigenvalue weighted by Gasteiger charge is -2.08. The number of hydrogen-bond acceptors (Lipinski definition) is 7. The van der Waals surface area contributed by atoms with Crippen molar-refractivity contribution in [1.29, 1.82) is 0 Å². The number of ether oxygens (including phenoxy) is 3. The number of esters is 1. The van der Waals surface area contributed by atoms with E-state index in [0.717, 1.165) is 12.2 Å². The molecule has 7 heteroatoms. The maximum atomic E-state index is 11.9. The van der Waals surface area contributed by atoms with Gasteiger partial charge in [-0.05, 0) is 30.7 Å².